The molecule has 3 N–H and O–H groups in total. The highest BCUT2D eigenvalue weighted by Gasteiger charge is 2.19. The summed E-state index contributed by atoms with van der Waals surface area (Å²) in [7, 11) is 1.86. The summed E-state index contributed by atoms with van der Waals surface area (Å²) in [5, 5.41) is 9.81. The van der Waals surface area contributed by atoms with Crippen LogP contribution in [0.4, 0.5) is 0 Å². The zero-order valence-corrected chi connectivity index (χ0v) is 9.45. The summed E-state index contributed by atoms with van der Waals surface area (Å²) in [6, 6.07) is 2.04. The quantitative estimate of drug-likeness (QED) is 0.595. The van der Waals surface area contributed by atoms with Crippen LogP contribution < -0.4 is 11.3 Å². The predicted octanol–water partition coefficient (Wildman–Crippen LogP) is 0.738. The van der Waals surface area contributed by atoms with Gasteiger partial charge in [0, 0.05) is 11.9 Å². The normalized spacial score (nSPS) is 13.0. The van der Waals surface area contributed by atoms with Crippen LogP contribution in [0.3, 0.4) is 0 Å². The Morgan fingerprint density at radius 2 is 2.40 bits per heavy atom. The van der Waals surface area contributed by atoms with E-state index in [9.17, 15) is 0 Å². The van der Waals surface area contributed by atoms with E-state index < -0.39 is 0 Å². The molecule has 0 fully saturated rings. The molecule has 5 nitrogen and oxygen atoms in total. The first kappa shape index (κ1) is 10.3. The molecule has 2 heterocycles. The van der Waals surface area contributed by atoms with Crippen molar-refractivity contribution in [2.75, 3.05) is 0 Å². The second-order valence-electron chi connectivity index (χ2n) is 3.35. The number of aromatic nitrogens is 3. The maximum atomic E-state index is 5.58. The summed E-state index contributed by atoms with van der Waals surface area (Å²) in [4.78, 5) is 1.20. The third kappa shape index (κ3) is 1.79. The van der Waals surface area contributed by atoms with Crippen molar-refractivity contribution in [2.45, 2.75) is 13.0 Å². The van der Waals surface area contributed by atoms with Crippen molar-refractivity contribution in [1.29, 1.82) is 0 Å². The van der Waals surface area contributed by atoms with Crippen molar-refractivity contribution in [1.82, 2.24) is 20.4 Å². The fourth-order valence-electron chi connectivity index (χ4n) is 1.53. The molecule has 1 atom stereocenters. The topological polar surface area (TPSA) is 68.8 Å². The van der Waals surface area contributed by atoms with Crippen molar-refractivity contribution in [3.8, 4) is 0 Å². The van der Waals surface area contributed by atoms with Crippen LogP contribution in [0.5, 0.6) is 0 Å². The summed E-state index contributed by atoms with van der Waals surface area (Å²) in [6.07, 6.45) is 1.73. The monoisotopic (exact) mass is 223 g/mol. The molecule has 0 radical (unpaired) electrons. The van der Waals surface area contributed by atoms with E-state index in [4.69, 9.17) is 5.84 Å². The standard InChI is InChI=1S/C9H13N5S/c1-6-3-4-15-9(6)8(12-10)7-5-11-13-14(7)2/h3-5,8,12H,10H2,1-2H3. The lowest BCUT2D eigenvalue weighted by Gasteiger charge is -2.14. The molecule has 6 heteroatoms. The number of rotatable bonds is 3. The van der Waals surface area contributed by atoms with Crippen LogP contribution in [0.2, 0.25) is 0 Å². The van der Waals surface area contributed by atoms with E-state index in [1.54, 1.807) is 22.2 Å². The molecule has 2 rings (SSSR count). The summed E-state index contributed by atoms with van der Waals surface area (Å²) >= 11 is 1.68. The summed E-state index contributed by atoms with van der Waals surface area (Å²) in [6.45, 7) is 2.07. The lowest BCUT2D eigenvalue weighted by molar-refractivity contribution is 0.575. The first-order valence-electron chi connectivity index (χ1n) is 4.58. The van der Waals surface area contributed by atoms with Gasteiger partial charge in [0.1, 0.15) is 0 Å². The highest BCUT2D eigenvalue weighted by Crippen LogP contribution is 2.27. The van der Waals surface area contributed by atoms with Gasteiger partial charge in [-0.3, -0.25) is 10.5 Å². The molecule has 0 aliphatic rings. The lowest BCUT2D eigenvalue weighted by Crippen LogP contribution is -2.30. The number of thiophene rings is 1. The SMILES string of the molecule is Cc1ccsc1C(NN)c1cnnn1C. The number of hydrogen-bond donors (Lipinski definition) is 2. The Balaban J connectivity index is 2.41. The van der Waals surface area contributed by atoms with E-state index in [1.807, 2.05) is 7.05 Å². The molecule has 1 unspecified atom stereocenters. The van der Waals surface area contributed by atoms with Gasteiger partial charge >= 0.3 is 0 Å². The van der Waals surface area contributed by atoms with Gasteiger partial charge < -0.3 is 0 Å². The molecule has 0 aromatic carbocycles. The number of hydrazine groups is 1. The van der Waals surface area contributed by atoms with Gasteiger partial charge in [0.25, 0.3) is 0 Å². The minimum Gasteiger partial charge on any atom is -0.270 e. The highest BCUT2D eigenvalue weighted by atomic mass is 32.1. The first-order chi connectivity index (χ1) is 7.24. The molecule has 0 saturated heterocycles. The van der Waals surface area contributed by atoms with Crippen molar-refractivity contribution in [2.24, 2.45) is 12.9 Å². The third-order valence-corrected chi connectivity index (χ3v) is 3.46. The van der Waals surface area contributed by atoms with Gasteiger partial charge in [0.15, 0.2) is 0 Å². The zero-order valence-electron chi connectivity index (χ0n) is 8.64. The molecular weight excluding hydrogens is 210 g/mol. The average Bonchev–Trinajstić information content (AvgIpc) is 2.80. The Labute approximate surface area is 91.9 Å². The summed E-state index contributed by atoms with van der Waals surface area (Å²) < 4.78 is 1.73. The second kappa shape index (κ2) is 4.09. The molecule has 0 saturated carbocycles. The van der Waals surface area contributed by atoms with Crippen LogP contribution in [0.25, 0.3) is 0 Å². The molecule has 0 aliphatic carbocycles. The number of nitrogens with two attached hydrogens (primary N) is 1. The Morgan fingerprint density at radius 1 is 1.60 bits per heavy atom. The van der Waals surface area contributed by atoms with Crippen LogP contribution >= 0.6 is 11.3 Å². The van der Waals surface area contributed by atoms with E-state index in [0.29, 0.717) is 0 Å². The molecule has 0 amide bonds. The fraction of sp³-hybridized carbons (Fsp3) is 0.333. The van der Waals surface area contributed by atoms with E-state index in [-0.39, 0.29) is 6.04 Å². The maximum absolute atomic E-state index is 5.58. The van der Waals surface area contributed by atoms with Gasteiger partial charge in [-0.1, -0.05) is 5.21 Å². The number of nitrogens with one attached hydrogen (secondary N) is 1. The summed E-state index contributed by atoms with van der Waals surface area (Å²) in [5.74, 6) is 5.58. The Kier molecular flexibility index (Phi) is 2.81. The fourth-order valence-corrected chi connectivity index (χ4v) is 2.53. The van der Waals surface area contributed by atoms with Crippen LogP contribution in [-0.4, -0.2) is 15.0 Å². The first-order valence-corrected chi connectivity index (χ1v) is 5.46. The van der Waals surface area contributed by atoms with E-state index in [1.165, 1.54) is 10.4 Å². The zero-order chi connectivity index (χ0) is 10.8. The largest absolute Gasteiger partial charge is 0.270 e. The van der Waals surface area contributed by atoms with Gasteiger partial charge in [0.05, 0.1) is 17.9 Å². The van der Waals surface area contributed by atoms with Gasteiger partial charge in [-0.25, -0.2) is 5.43 Å². The van der Waals surface area contributed by atoms with Crippen LogP contribution in [-0.2, 0) is 7.05 Å². The number of aryl methyl sites for hydroxylation is 2. The van der Waals surface area contributed by atoms with E-state index in [0.717, 1.165) is 5.69 Å². The molecule has 0 bridgehead atoms. The molecule has 2 aromatic rings. The smallest absolute Gasteiger partial charge is 0.0988 e. The predicted molar refractivity (Wildman–Crippen MR) is 59.2 cm³/mol. The van der Waals surface area contributed by atoms with Gasteiger partial charge in [-0.15, -0.1) is 16.4 Å². The lowest BCUT2D eigenvalue weighted by atomic mass is 10.1. The third-order valence-electron chi connectivity index (χ3n) is 2.38. The molecule has 2 aromatic heterocycles. The molecule has 80 valence electrons. The van der Waals surface area contributed by atoms with Crippen LogP contribution in [0, 0.1) is 6.92 Å². The minimum atomic E-state index is -0.0370. The molecular formula is C9H13N5S. The number of nitrogens with zero attached hydrogens (tertiary/aromatic N) is 3. The van der Waals surface area contributed by atoms with Crippen LogP contribution in [0.15, 0.2) is 17.6 Å². The second-order valence-corrected chi connectivity index (χ2v) is 4.30. The summed E-state index contributed by atoms with van der Waals surface area (Å²) in [5.41, 5.74) is 4.99. The van der Waals surface area contributed by atoms with Crippen molar-refractivity contribution in [3.05, 3.63) is 33.8 Å². The molecule has 0 aliphatic heterocycles. The highest BCUT2D eigenvalue weighted by molar-refractivity contribution is 7.10. The van der Waals surface area contributed by atoms with Gasteiger partial charge in [0.2, 0.25) is 0 Å². The van der Waals surface area contributed by atoms with Gasteiger partial charge in [-0.2, -0.15) is 0 Å². The van der Waals surface area contributed by atoms with Gasteiger partial charge in [-0.05, 0) is 23.9 Å². The average molecular weight is 223 g/mol. The molecule has 15 heavy (non-hydrogen) atoms. The van der Waals surface area contributed by atoms with E-state index >= 15 is 0 Å². The molecule has 0 spiro atoms. The Morgan fingerprint density at radius 3 is 2.87 bits per heavy atom. The maximum Gasteiger partial charge on any atom is 0.0988 e. The van der Waals surface area contributed by atoms with E-state index in [2.05, 4.69) is 34.1 Å². The van der Waals surface area contributed by atoms with Crippen molar-refractivity contribution >= 4 is 11.3 Å². The van der Waals surface area contributed by atoms with Crippen molar-refractivity contribution < 1.29 is 0 Å². The van der Waals surface area contributed by atoms with Crippen LogP contribution in [0.1, 0.15) is 22.2 Å². The Bertz CT molecular complexity index is 407. The number of hydrogen-bond acceptors (Lipinski definition) is 5. The van der Waals surface area contributed by atoms with Crippen molar-refractivity contribution in [3.63, 3.8) is 0 Å². The minimum absolute atomic E-state index is 0.0370. The Hall–Kier alpha value is -1.24.